The third kappa shape index (κ3) is 3.67. The average Bonchev–Trinajstić information content (AvgIpc) is 3.35. The molecule has 0 bridgehead atoms. The molecule has 3 aromatic heterocycles. The summed E-state index contributed by atoms with van der Waals surface area (Å²) < 4.78 is 13.4. The lowest BCUT2D eigenvalue weighted by Crippen LogP contribution is -2.20. The molecule has 4 rings (SSSR count). The van der Waals surface area contributed by atoms with E-state index < -0.39 is 0 Å². The molecular formula is C20H22N6O2. The summed E-state index contributed by atoms with van der Waals surface area (Å²) >= 11 is 0. The van der Waals surface area contributed by atoms with Crippen molar-refractivity contribution in [2.24, 2.45) is 7.05 Å². The number of nitrogens with one attached hydrogen (secondary N) is 1. The molecule has 0 radical (unpaired) electrons. The van der Waals surface area contributed by atoms with E-state index in [1.165, 1.54) is 0 Å². The highest BCUT2D eigenvalue weighted by molar-refractivity contribution is 5.91. The Labute approximate surface area is 163 Å². The first-order valence-corrected chi connectivity index (χ1v) is 9.31. The predicted molar refractivity (Wildman–Crippen MR) is 104 cm³/mol. The zero-order valence-corrected chi connectivity index (χ0v) is 16.0. The number of nitrogens with zero attached hydrogens (tertiary/aromatic N) is 5. The van der Waals surface area contributed by atoms with Crippen molar-refractivity contribution in [2.75, 3.05) is 26.3 Å². The van der Waals surface area contributed by atoms with Gasteiger partial charge in [0.05, 0.1) is 18.4 Å². The highest BCUT2D eigenvalue weighted by Crippen LogP contribution is 2.28. The first-order chi connectivity index (χ1) is 13.7. The monoisotopic (exact) mass is 378 g/mol. The first kappa shape index (κ1) is 18.3. The van der Waals surface area contributed by atoms with Gasteiger partial charge >= 0.3 is 0 Å². The molecule has 1 aliphatic rings. The summed E-state index contributed by atoms with van der Waals surface area (Å²) in [6, 6.07) is 5.95. The van der Waals surface area contributed by atoms with Gasteiger partial charge in [0, 0.05) is 42.5 Å². The molecule has 1 atom stereocenters. The molecular weight excluding hydrogens is 356 g/mol. The smallest absolute Gasteiger partial charge is 0.234 e. The highest BCUT2D eigenvalue weighted by atomic mass is 16.5. The number of aryl methyl sites for hydroxylation is 2. The van der Waals surface area contributed by atoms with E-state index in [4.69, 9.17) is 9.47 Å². The van der Waals surface area contributed by atoms with Crippen LogP contribution < -0.4 is 10.1 Å². The second-order valence-electron chi connectivity index (χ2n) is 6.85. The zero-order valence-electron chi connectivity index (χ0n) is 16.0. The van der Waals surface area contributed by atoms with Crippen molar-refractivity contribution in [3.05, 3.63) is 35.9 Å². The number of rotatable bonds is 6. The second kappa shape index (κ2) is 7.92. The van der Waals surface area contributed by atoms with Crippen molar-refractivity contribution in [3.63, 3.8) is 0 Å². The molecule has 0 saturated carbocycles. The zero-order chi connectivity index (χ0) is 19.5. The van der Waals surface area contributed by atoms with Gasteiger partial charge in [-0.15, -0.1) is 0 Å². The summed E-state index contributed by atoms with van der Waals surface area (Å²) in [6.07, 6.45) is 4.95. The van der Waals surface area contributed by atoms with Gasteiger partial charge < -0.3 is 19.4 Å². The Morgan fingerprint density at radius 1 is 1.36 bits per heavy atom. The van der Waals surface area contributed by atoms with Crippen LogP contribution in [-0.4, -0.2) is 51.9 Å². The van der Waals surface area contributed by atoms with Gasteiger partial charge in [0.2, 0.25) is 11.7 Å². The molecule has 1 fully saturated rings. The van der Waals surface area contributed by atoms with Crippen LogP contribution in [0.4, 0.5) is 0 Å². The van der Waals surface area contributed by atoms with Gasteiger partial charge in [-0.3, -0.25) is 0 Å². The quantitative estimate of drug-likeness (QED) is 0.655. The molecule has 0 aliphatic carbocycles. The van der Waals surface area contributed by atoms with Crippen LogP contribution in [0.5, 0.6) is 5.88 Å². The fraction of sp³-hybridized carbons (Fsp3) is 0.400. The Morgan fingerprint density at radius 3 is 3.00 bits per heavy atom. The van der Waals surface area contributed by atoms with Gasteiger partial charge in [-0.05, 0) is 32.0 Å². The summed E-state index contributed by atoms with van der Waals surface area (Å²) in [5, 5.41) is 13.4. The lowest BCUT2D eigenvalue weighted by atomic mass is 10.1. The third-order valence-corrected chi connectivity index (χ3v) is 4.82. The lowest BCUT2D eigenvalue weighted by Gasteiger charge is -2.12. The van der Waals surface area contributed by atoms with Crippen molar-refractivity contribution in [3.8, 4) is 23.2 Å². The van der Waals surface area contributed by atoms with Crippen LogP contribution in [0.2, 0.25) is 0 Å². The molecule has 0 amide bonds. The molecule has 1 N–H and O–H groups in total. The standard InChI is InChI=1S/C20H22N6O2/c1-13-9-14(11-23-20(13)28-8-7-27-15-3-5-22-12-15)18-16-4-6-26(2)19(16)25-17(10-21)24-18/h4,6,9,11,15,22H,3,5,7-8,12H2,1-2H3/t15-/m0/s1. The van der Waals surface area contributed by atoms with Crippen molar-refractivity contribution < 1.29 is 9.47 Å². The van der Waals surface area contributed by atoms with Crippen molar-refractivity contribution in [2.45, 2.75) is 19.4 Å². The number of hydrogen-bond acceptors (Lipinski definition) is 7. The van der Waals surface area contributed by atoms with E-state index in [0.29, 0.717) is 24.8 Å². The number of aromatic nitrogens is 4. The molecule has 28 heavy (non-hydrogen) atoms. The van der Waals surface area contributed by atoms with Crippen LogP contribution in [-0.2, 0) is 11.8 Å². The largest absolute Gasteiger partial charge is 0.475 e. The maximum atomic E-state index is 9.26. The van der Waals surface area contributed by atoms with Crippen molar-refractivity contribution >= 4 is 11.0 Å². The molecule has 1 saturated heterocycles. The Balaban J connectivity index is 1.51. The minimum atomic E-state index is 0.140. The Kier molecular flexibility index (Phi) is 5.19. The van der Waals surface area contributed by atoms with Crippen LogP contribution in [0.25, 0.3) is 22.3 Å². The SMILES string of the molecule is Cc1cc(-c2nc(C#N)nc3c2ccn3C)cnc1OCCO[C@H]1CCNC1. The Bertz CT molecular complexity index is 1030. The summed E-state index contributed by atoms with van der Waals surface area (Å²) in [5.74, 6) is 0.719. The van der Waals surface area contributed by atoms with Crippen LogP contribution in [0, 0.1) is 18.3 Å². The minimum absolute atomic E-state index is 0.140. The molecule has 8 heteroatoms. The van der Waals surface area contributed by atoms with E-state index in [9.17, 15) is 5.26 Å². The molecule has 1 aliphatic heterocycles. The molecule has 0 spiro atoms. The van der Waals surface area contributed by atoms with Gasteiger partial charge in [0.25, 0.3) is 0 Å². The van der Waals surface area contributed by atoms with E-state index in [0.717, 1.165) is 41.7 Å². The van der Waals surface area contributed by atoms with E-state index >= 15 is 0 Å². The second-order valence-corrected chi connectivity index (χ2v) is 6.85. The van der Waals surface area contributed by atoms with Gasteiger partial charge in [-0.1, -0.05) is 0 Å². The summed E-state index contributed by atoms with van der Waals surface area (Å²) in [4.78, 5) is 13.1. The van der Waals surface area contributed by atoms with Crippen LogP contribution in [0.1, 0.15) is 17.8 Å². The summed E-state index contributed by atoms with van der Waals surface area (Å²) in [6.45, 7) is 4.86. The van der Waals surface area contributed by atoms with E-state index in [2.05, 4.69) is 20.3 Å². The fourth-order valence-corrected chi connectivity index (χ4v) is 3.37. The van der Waals surface area contributed by atoms with E-state index in [1.807, 2.05) is 42.9 Å². The number of ether oxygens (including phenoxy) is 2. The molecule has 144 valence electrons. The predicted octanol–water partition coefficient (Wildman–Crippen LogP) is 1.97. The molecule has 4 heterocycles. The lowest BCUT2D eigenvalue weighted by molar-refractivity contribution is 0.0445. The minimum Gasteiger partial charge on any atom is -0.475 e. The van der Waals surface area contributed by atoms with Gasteiger partial charge in [0.15, 0.2) is 0 Å². The summed E-state index contributed by atoms with van der Waals surface area (Å²) in [7, 11) is 1.89. The number of fused-ring (bicyclic) bond motifs is 1. The Hall–Kier alpha value is -3.02. The maximum Gasteiger partial charge on any atom is 0.234 e. The molecule has 3 aromatic rings. The molecule has 0 unspecified atom stereocenters. The topological polar surface area (TPSA) is 97.9 Å². The van der Waals surface area contributed by atoms with Gasteiger partial charge in [-0.25, -0.2) is 15.0 Å². The first-order valence-electron chi connectivity index (χ1n) is 9.31. The van der Waals surface area contributed by atoms with Crippen LogP contribution in [0.3, 0.4) is 0 Å². The van der Waals surface area contributed by atoms with Crippen molar-refractivity contribution in [1.82, 2.24) is 24.8 Å². The van der Waals surface area contributed by atoms with Crippen LogP contribution in [0.15, 0.2) is 24.5 Å². The van der Waals surface area contributed by atoms with Gasteiger partial charge in [0.1, 0.15) is 18.3 Å². The average molecular weight is 378 g/mol. The van der Waals surface area contributed by atoms with E-state index in [-0.39, 0.29) is 11.9 Å². The van der Waals surface area contributed by atoms with Gasteiger partial charge in [-0.2, -0.15) is 5.26 Å². The summed E-state index contributed by atoms with van der Waals surface area (Å²) in [5.41, 5.74) is 3.15. The molecule has 8 nitrogen and oxygen atoms in total. The fourth-order valence-electron chi connectivity index (χ4n) is 3.37. The number of pyridine rings is 1. The van der Waals surface area contributed by atoms with E-state index in [1.54, 1.807) is 6.20 Å². The van der Waals surface area contributed by atoms with Crippen molar-refractivity contribution in [1.29, 1.82) is 5.26 Å². The molecule has 0 aromatic carbocycles. The maximum absolute atomic E-state index is 9.26. The Morgan fingerprint density at radius 2 is 2.25 bits per heavy atom. The number of hydrogen-bond donors (Lipinski definition) is 1. The normalized spacial score (nSPS) is 16.4. The highest BCUT2D eigenvalue weighted by Gasteiger charge is 2.16. The number of nitriles is 1. The third-order valence-electron chi connectivity index (χ3n) is 4.82. The van der Waals surface area contributed by atoms with Crippen LogP contribution >= 0.6 is 0 Å².